The minimum absolute atomic E-state index is 0.0379. The number of aromatic nitrogens is 3. The van der Waals surface area contributed by atoms with E-state index in [0.29, 0.717) is 47.6 Å². The molecule has 2 aromatic heterocycles. The highest BCUT2D eigenvalue weighted by atomic mass is 19.3. The van der Waals surface area contributed by atoms with Crippen LogP contribution in [0.5, 0.6) is 0 Å². The topological polar surface area (TPSA) is 109 Å². The highest BCUT2D eigenvalue weighted by Gasteiger charge is 2.36. The van der Waals surface area contributed by atoms with E-state index >= 15 is 0 Å². The molecule has 3 heterocycles. The van der Waals surface area contributed by atoms with E-state index in [9.17, 15) is 19.0 Å². The molecule has 0 saturated heterocycles. The monoisotopic (exact) mass is 455 g/mol. The van der Waals surface area contributed by atoms with Crippen LogP contribution < -0.4 is 11.1 Å². The third kappa shape index (κ3) is 3.90. The van der Waals surface area contributed by atoms with Gasteiger partial charge in [-0.15, -0.1) is 0 Å². The predicted molar refractivity (Wildman–Crippen MR) is 121 cm³/mol. The molecule has 174 valence electrons. The van der Waals surface area contributed by atoms with Gasteiger partial charge in [0.15, 0.2) is 0 Å². The first-order chi connectivity index (χ1) is 15.8. The second-order valence-corrected chi connectivity index (χ2v) is 8.83. The molecule has 0 fully saturated rings. The summed E-state index contributed by atoms with van der Waals surface area (Å²) in [5.41, 5.74) is 10.2. The van der Waals surface area contributed by atoms with Crippen LogP contribution in [-0.4, -0.2) is 43.5 Å². The molecule has 0 radical (unpaired) electrons. The zero-order valence-corrected chi connectivity index (χ0v) is 18.3. The Morgan fingerprint density at radius 2 is 2.06 bits per heavy atom. The summed E-state index contributed by atoms with van der Waals surface area (Å²) in [4.78, 5) is 8.64. The summed E-state index contributed by atoms with van der Waals surface area (Å²) in [6.45, 7) is 3.17. The maximum atomic E-state index is 13.4. The first kappa shape index (κ1) is 21.9. The lowest BCUT2D eigenvalue weighted by atomic mass is 9.90. The van der Waals surface area contributed by atoms with E-state index in [0.717, 1.165) is 29.7 Å². The molecule has 0 saturated carbocycles. The van der Waals surface area contributed by atoms with Crippen LogP contribution in [0.2, 0.25) is 0 Å². The molecular formula is C24H27F2N5O2. The van der Waals surface area contributed by atoms with E-state index in [2.05, 4.69) is 15.3 Å². The molecule has 1 aliphatic heterocycles. The van der Waals surface area contributed by atoms with Crippen molar-refractivity contribution in [1.82, 2.24) is 19.9 Å². The van der Waals surface area contributed by atoms with Crippen molar-refractivity contribution in [3.8, 4) is 0 Å². The number of fused-ring (bicyclic) bond motifs is 2. The summed E-state index contributed by atoms with van der Waals surface area (Å²) in [6.07, 6.45) is 0.714. The number of anilines is 1. The summed E-state index contributed by atoms with van der Waals surface area (Å²) in [7, 11) is 0. The number of aryl methyl sites for hydroxylation is 2. The Balaban J connectivity index is 1.43. The fourth-order valence-corrected chi connectivity index (χ4v) is 5.05. The molecule has 1 aliphatic carbocycles. The summed E-state index contributed by atoms with van der Waals surface area (Å²) >= 11 is 0. The van der Waals surface area contributed by atoms with E-state index < -0.39 is 24.7 Å². The van der Waals surface area contributed by atoms with Crippen molar-refractivity contribution in [1.29, 1.82) is 0 Å². The van der Waals surface area contributed by atoms with Crippen molar-refractivity contribution in [3.05, 3.63) is 64.1 Å². The van der Waals surface area contributed by atoms with Gasteiger partial charge in [0.05, 0.1) is 11.4 Å². The molecule has 0 amide bonds. The zero-order chi connectivity index (χ0) is 23.3. The van der Waals surface area contributed by atoms with E-state index in [-0.39, 0.29) is 5.56 Å². The van der Waals surface area contributed by atoms with E-state index in [4.69, 9.17) is 5.73 Å². The average molecular weight is 456 g/mol. The molecule has 9 heteroatoms. The SMILES string of the molecule is Cc1nc(N)c2ccn([C@@H]3C=C(CCc4cc(C(F)F)cc5c4CNCC5)[C@@H](O)[C@H]3O)c2n1. The standard InChI is InChI=1S/C24H27F2N5O2/c1-12-29-23(27)17-5-7-31(24(17)30-12)19-10-15(20(32)21(19)33)3-2-13-8-16(22(25)26)9-14-4-6-28-11-18(13)14/h5,7-10,19-22,28,32-33H,2-4,6,11H2,1H3,(H2,27,29,30)/t19-,20-,21+/m1/s1. The third-order valence-electron chi connectivity index (χ3n) is 6.74. The van der Waals surface area contributed by atoms with Crippen LogP contribution in [0.15, 0.2) is 36.0 Å². The number of alkyl halides is 2. The zero-order valence-electron chi connectivity index (χ0n) is 18.3. The van der Waals surface area contributed by atoms with Crippen molar-refractivity contribution in [2.45, 2.75) is 57.4 Å². The van der Waals surface area contributed by atoms with E-state index in [1.165, 1.54) is 0 Å². The third-order valence-corrected chi connectivity index (χ3v) is 6.74. The number of rotatable bonds is 5. The van der Waals surface area contributed by atoms with Gasteiger partial charge in [-0.2, -0.15) is 0 Å². The Morgan fingerprint density at radius 3 is 2.85 bits per heavy atom. The Hall–Kier alpha value is -2.88. The number of nitrogens with one attached hydrogen (secondary N) is 1. The van der Waals surface area contributed by atoms with Crippen molar-refractivity contribution in [2.75, 3.05) is 12.3 Å². The number of nitrogens with two attached hydrogens (primary N) is 1. The minimum atomic E-state index is -2.52. The first-order valence-corrected chi connectivity index (χ1v) is 11.1. The fourth-order valence-electron chi connectivity index (χ4n) is 5.05. The Labute approximate surface area is 190 Å². The van der Waals surface area contributed by atoms with Crippen LogP contribution in [0.4, 0.5) is 14.6 Å². The summed E-state index contributed by atoms with van der Waals surface area (Å²) in [5.74, 6) is 0.889. The molecule has 3 aromatic rings. The molecule has 7 nitrogen and oxygen atoms in total. The largest absolute Gasteiger partial charge is 0.388 e. The van der Waals surface area contributed by atoms with Crippen molar-refractivity contribution >= 4 is 16.9 Å². The van der Waals surface area contributed by atoms with Crippen LogP contribution in [0, 0.1) is 6.92 Å². The molecule has 3 atom stereocenters. The van der Waals surface area contributed by atoms with Crippen molar-refractivity contribution in [3.63, 3.8) is 0 Å². The van der Waals surface area contributed by atoms with Crippen LogP contribution in [0.3, 0.4) is 0 Å². The van der Waals surface area contributed by atoms with E-state index in [1.807, 2.05) is 6.08 Å². The molecule has 2 aliphatic rings. The number of hydrogen-bond acceptors (Lipinski definition) is 6. The van der Waals surface area contributed by atoms with Gasteiger partial charge in [0.2, 0.25) is 0 Å². The van der Waals surface area contributed by atoms with Gasteiger partial charge in [0.1, 0.15) is 29.5 Å². The summed E-state index contributed by atoms with van der Waals surface area (Å²) < 4.78 is 28.7. The van der Waals surface area contributed by atoms with Gasteiger partial charge in [-0.1, -0.05) is 6.08 Å². The lowest BCUT2D eigenvalue weighted by Crippen LogP contribution is -2.29. The minimum Gasteiger partial charge on any atom is -0.388 e. The lowest BCUT2D eigenvalue weighted by molar-refractivity contribution is 0.0317. The summed E-state index contributed by atoms with van der Waals surface area (Å²) in [5, 5.41) is 25.5. The number of aliphatic hydroxyl groups excluding tert-OH is 2. The van der Waals surface area contributed by atoms with Crippen LogP contribution in [-0.2, 0) is 19.4 Å². The molecule has 1 aromatic carbocycles. The van der Waals surface area contributed by atoms with Gasteiger partial charge in [-0.05, 0) is 73.2 Å². The van der Waals surface area contributed by atoms with E-state index in [1.54, 1.807) is 35.9 Å². The average Bonchev–Trinajstić information content (AvgIpc) is 3.33. The normalized spacial score (nSPS) is 22.7. The smallest absolute Gasteiger partial charge is 0.263 e. The van der Waals surface area contributed by atoms with Crippen molar-refractivity contribution in [2.24, 2.45) is 0 Å². The van der Waals surface area contributed by atoms with Gasteiger partial charge < -0.3 is 25.8 Å². The highest BCUT2D eigenvalue weighted by Crippen LogP contribution is 2.36. The quantitative estimate of drug-likeness (QED) is 0.441. The van der Waals surface area contributed by atoms with Crippen molar-refractivity contribution < 1.29 is 19.0 Å². The molecule has 33 heavy (non-hydrogen) atoms. The lowest BCUT2D eigenvalue weighted by Gasteiger charge is -2.23. The van der Waals surface area contributed by atoms with Crippen LogP contribution >= 0.6 is 0 Å². The predicted octanol–water partition coefficient (Wildman–Crippen LogP) is 2.74. The second-order valence-electron chi connectivity index (χ2n) is 8.83. The number of hydrogen-bond donors (Lipinski definition) is 4. The molecule has 0 unspecified atom stereocenters. The summed E-state index contributed by atoms with van der Waals surface area (Å²) in [6, 6.07) is 4.48. The molecule has 5 rings (SSSR count). The Kier molecular flexibility index (Phi) is 5.64. The van der Waals surface area contributed by atoms with Gasteiger partial charge in [-0.25, -0.2) is 18.7 Å². The van der Waals surface area contributed by atoms with Gasteiger partial charge in [0, 0.05) is 18.3 Å². The number of nitrogens with zero attached hydrogens (tertiary/aromatic N) is 3. The van der Waals surface area contributed by atoms with Crippen LogP contribution in [0.25, 0.3) is 11.0 Å². The number of benzene rings is 1. The van der Waals surface area contributed by atoms with Gasteiger partial charge in [-0.3, -0.25) is 0 Å². The van der Waals surface area contributed by atoms with Gasteiger partial charge >= 0.3 is 0 Å². The molecule has 0 spiro atoms. The van der Waals surface area contributed by atoms with Crippen LogP contribution in [0.1, 0.15) is 47.0 Å². The first-order valence-electron chi connectivity index (χ1n) is 11.1. The molecule has 5 N–H and O–H groups in total. The maximum Gasteiger partial charge on any atom is 0.263 e. The maximum absolute atomic E-state index is 13.4. The number of aliphatic hydroxyl groups is 2. The highest BCUT2D eigenvalue weighted by molar-refractivity contribution is 5.86. The molecular weight excluding hydrogens is 428 g/mol. The molecule has 0 bridgehead atoms. The number of halogens is 2. The van der Waals surface area contributed by atoms with Gasteiger partial charge in [0.25, 0.3) is 6.43 Å². The number of nitrogen functional groups attached to an aromatic ring is 1. The Bertz CT molecular complexity index is 1240. The Morgan fingerprint density at radius 1 is 1.24 bits per heavy atom. The fraction of sp³-hybridized carbons (Fsp3) is 0.417. The second kappa shape index (κ2) is 8.48.